The number of hydrogen-bond acceptors (Lipinski definition) is 4. The first-order valence-corrected chi connectivity index (χ1v) is 4.83. The average molecular weight is 207 g/mol. The van der Waals surface area contributed by atoms with Crippen LogP contribution in [-0.2, 0) is 4.74 Å². The summed E-state index contributed by atoms with van der Waals surface area (Å²) < 4.78 is 4.95. The molecule has 0 aromatic heterocycles. The van der Waals surface area contributed by atoms with Gasteiger partial charge in [0.15, 0.2) is 0 Å². The molecule has 0 saturated carbocycles. The van der Waals surface area contributed by atoms with E-state index in [-0.39, 0.29) is 0 Å². The Balaban J connectivity index is 2.81. The van der Waals surface area contributed by atoms with E-state index in [1.54, 1.807) is 20.1 Å². The van der Waals surface area contributed by atoms with Crippen molar-refractivity contribution in [1.29, 1.82) is 5.41 Å². The molecule has 0 aliphatic heterocycles. The minimum atomic E-state index is 0.502. The summed E-state index contributed by atoms with van der Waals surface area (Å²) in [5.41, 5.74) is 8.61. The first kappa shape index (κ1) is 11.5. The van der Waals surface area contributed by atoms with Crippen LogP contribution in [-0.4, -0.2) is 26.0 Å². The van der Waals surface area contributed by atoms with Crippen LogP contribution < -0.4 is 11.1 Å². The van der Waals surface area contributed by atoms with E-state index < -0.39 is 0 Å². The van der Waals surface area contributed by atoms with Crippen LogP contribution in [0.25, 0.3) is 0 Å². The van der Waals surface area contributed by atoms with Gasteiger partial charge in [-0.05, 0) is 25.1 Å². The molecule has 0 heterocycles. The van der Waals surface area contributed by atoms with Crippen molar-refractivity contribution in [3.05, 3.63) is 23.8 Å². The van der Waals surface area contributed by atoms with Crippen molar-refractivity contribution < 1.29 is 4.74 Å². The summed E-state index contributed by atoms with van der Waals surface area (Å²) >= 11 is 0. The van der Waals surface area contributed by atoms with Crippen LogP contribution in [0.1, 0.15) is 12.5 Å². The number of hydrogen-bond donors (Lipinski definition) is 3. The molecule has 0 bridgehead atoms. The molecule has 4 heteroatoms. The fraction of sp³-hybridized carbons (Fsp3) is 0.364. The van der Waals surface area contributed by atoms with E-state index in [0.29, 0.717) is 18.0 Å². The highest BCUT2D eigenvalue weighted by Crippen LogP contribution is 2.19. The third-order valence-electron chi connectivity index (χ3n) is 2.07. The monoisotopic (exact) mass is 207 g/mol. The fourth-order valence-electron chi connectivity index (χ4n) is 1.31. The fourth-order valence-corrected chi connectivity index (χ4v) is 1.31. The number of ether oxygens (including phenoxy) is 1. The minimum absolute atomic E-state index is 0.502. The third kappa shape index (κ3) is 3.25. The summed E-state index contributed by atoms with van der Waals surface area (Å²) in [6.45, 7) is 3.11. The van der Waals surface area contributed by atoms with Gasteiger partial charge in [0.05, 0.1) is 6.61 Å². The van der Waals surface area contributed by atoms with Gasteiger partial charge >= 0.3 is 0 Å². The third-order valence-corrected chi connectivity index (χ3v) is 2.07. The second kappa shape index (κ2) is 5.36. The summed E-state index contributed by atoms with van der Waals surface area (Å²) in [4.78, 5) is 0. The van der Waals surface area contributed by atoms with Gasteiger partial charge < -0.3 is 21.2 Å². The average Bonchev–Trinajstić information content (AvgIpc) is 2.20. The Morgan fingerprint density at radius 3 is 2.87 bits per heavy atom. The number of benzene rings is 1. The van der Waals surface area contributed by atoms with Gasteiger partial charge in [0.1, 0.15) is 0 Å². The number of methoxy groups -OCH3 is 1. The Bertz CT molecular complexity index is 350. The van der Waals surface area contributed by atoms with E-state index in [4.69, 9.17) is 15.9 Å². The van der Waals surface area contributed by atoms with Crippen molar-refractivity contribution in [3.8, 4) is 0 Å². The van der Waals surface area contributed by atoms with Crippen LogP contribution >= 0.6 is 0 Å². The summed E-state index contributed by atoms with van der Waals surface area (Å²) in [6.07, 6.45) is 0. The van der Waals surface area contributed by atoms with Gasteiger partial charge in [0, 0.05) is 36.3 Å². The van der Waals surface area contributed by atoms with E-state index in [1.165, 1.54) is 0 Å². The SMILES string of the molecule is COCCNc1ccc(N)cc1C(C)=N. The lowest BCUT2D eigenvalue weighted by Gasteiger charge is -2.11. The molecule has 0 aliphatic rings. The normalized spacial score (nSPS) is 10.0. The van der Waals surface area contributed by atoms with Gasteiger partial charge in [0.25, 0.3) is 0 Å². The van der Waals surface area contributed by atoms with Crippen LogP contribution in [0.2, 0.25) is 0 Å². The molecular weight excluding hydrogens is 190 g/mol. The van der Waals surface area contributed by atoms with E-state index in [2.05, 4.69) is 5.32 Å². The lowest BCUT2D eigenvalue weighted by atomic mass is 10.1. The van der Waals surface area contributed by atoms with E-state index in [0.717, 1.165) is 17.8 Å². The number of nitrogens with two attached hydrogens (primary N) is 1. The Hall–Kier alpha value is -1.55. The second-order valence-electron chi connectivity index (χ2n) is 3.35. The zero-order valence-electron chi connectivity index (χ0n) is 9.13. The molecule has 0 spiro atoms. The number of anilines is 2. The lowest BCUT2D eigenvalue weighted by Crippen LogP contribution is -2.10. The standard InChI is InChI=1S/C11H17N3O/c1-8(12)10-7-9(13)3-4-11(10)14-5-6-15-2/h3-4,7,12,14H,5-6,13H2,1-2H3. The molecule has 4 nitrogen and oxygen atoms in total. The van der Waals surface area contributed by atoms with Crippen molar-refractivity contribution in [2.24, 2.45) is 0 Å². The summed E-state index contributed by atoms with van der Waals surface area (Å²) in [6, 6.07) is 5.51. The van der Waals surface area contributed by atoms with Crippen LogP contribution in [0.3, 0.4) is 0 Å². The lowest BCUT2D eigenvalue weighted by molar-refractivity contribution is 0.211. The van der Waals surface area contributed by atoms with E-state index in [1.807, 2.05) is 12.1 Å². The molecule has 0 radical (unpaired) electrons. The van der Waals surface area contributed by atoms with Gasteiger partial charge in [-0.3, -0.25) is 0 Å². The van der Waals surface area contributed by atoms with Crippen LogP contribution in [0, 0.1) is 5.41 Å². The number of rotatable bonds is 5. The molecule has 0 fully saturated rings. The van der Waals surface area contributed by atoms with E-state index >= 15 is 0 Å². The first-order valence-electron chi connectivity index (χ1n) is 4.83. The Labute approximate surface area is 89.9 Å². The maximum absolute atomic E-state index is 7.63. The molecule has 0 unspecified atom stereocenters. The second-order valence-corrected chi connectivity index (χ2v) is 3.35. The molecule has 4 N–H and O–H groups in total. The van der Waals surface area contributed by atoms with Crippen molar-refractivity contribution >= 4 is 17.1 Å². The number of nitrogens with one attached hydrogen (secondary N) is 2. The molecule has 1 aromatic carbocycles. The molecule has 15 heavy (non-hydrogen) atoms. The zero-order chi connectivity index (χ0) is 11.3. The predicted octanol–water partition coefficient (Wildman–Crippen LogP) is 1.71. The Morgan fingerprint density at radius 1 is 1.53 bits per heavy atom. The van der Waals surface area contributed by atoms with Crippen molar-refractivity contribution in [2.45, 2.75) is 6.92 Å². The predicted molar refractivity (Wildman–Crippen MR) is 63.7 cm³/mol. The molecule has 0 aliphatic carbocycles. The molecule has 1 rings (SSSR count). The van der Waals surface area contributed by atoms with E-state index in [9.17, 15) is 0 Å². The highest BCUT2D eigenvalue weighted by molar-refractivity contribution is 6.02. The van der Waals surface area contributed by atoms with Crippen LogP contribution in [0.15, 0.2) is 18.2 Å². The Kier molecular flexibility index (Phi) is 4.12. The smallest absolute Gasteiger partial charge is 0.0635 e. The highest BCUT2D eigenvalue weighted by atomic mass is 16.5. The maximum Gasteiger partial charge on any atom is 0.0635 e. The van der Waals surface area contributed by atoms with Gasteiger partial charge in [-0.2, -0.15) is 0 Å². The van der Waals surface area contributed by atoms with Crippen LogP contribution in [0.4, 0.5) is 11.4 Å². The largest absolute Gasteiger partial charge is 0.399 e. The van der Waals surface area contributed by atoms with Crippen LogP contribution in [0.5, 0.6) is 0 Å². The quantitative estimate of drug-likeness (QED) is 0.391. The Morgan fingerprint density at radius 2 is 2.27 bits per heavy atom. The van der Waals surface area contributed by atoms with Gasteiger partial charge in [0.2, 0.25) is 0 Å². The topological polar surface area (TPSA) is 71.1 Å². The summed E-state index contributed by atoms with van der Waals surface area (Å²) in [7, 11) is 1.66. The summed E-state index contributed by atoms with van der Waals surface area (Å²) in [5.74, 6) is 0. The van der Waals surface area contributed by atoms with Crippen molar-refractivity contribution in [2.75, 3.05) is 31.3 Å². The highest BCUT2D eigenvalue weighted by Gasteiger charge is 2.04. The maximum atomic E-state index is 7.63. The molecule has 82 valence electrons. The van der Waals surface area contributed by atoms with Gasteiger partial charge in [-0.15, -0.1) is 0 Å². The molecule has 1 aromatic rings. The first-order chi connectivity index (χ1) is 7.15. The van der Waals surface area contributed by atoms with Gasteiger partial charge in [-0.25, -0.2) is 0 Å². The zero-order valence-corrected chi connectivity index (χ0v) is 9.13. The molecular formula is C11H17N3O. The molecule has 0 saturated heterocycles. The molecule has 0 amide bonds. The minimum Gasteiger partial charge on any atom is -0.399 e. The summed E-state index contributed by atoms with van der Waals surface area (Å²) in [5, 5.41) is 10.8. The van der Waals surface area contributed by atoms with Crippen molar-refractivity contribution in [3.63, 3.8) is 0 Å². The number of nitrogen functional groups attached to an aromatic ring is 1. The molecule has 0 atom stereocenters. The van der Waals surface area contributed by atoms with Crippen molar-refractivity contribution in [1.82, 2.24) is 0 Å². The van der Waals surface area contributed by atoms with Gasteiger partial charge in [-0.1, -0.05) is 0 Å².